The zero-order chi connectivity index (χ0) is 12.9. The molecule has 17 heavy (non-hydrogen) atoms. The number of hydrogen-bond acceptors (Lipinski definition) is 2. The summed E-state index contributed by atoms with van der Waals surface area (Å²) in [6.45, 7) is 1.29. The Hall–Kier alpha value is -0.620. The Kier molecular flexibility index (Phi) is 5.39. The predicted octanol–water partition coefficient (Wildman–Crippen LogP) is 2.41. The molecule has 0 fully saturated rings. The molecule has 0 saturated carbocycles. The van der Waals surface area contributed by atoms with Gasteiger partial charge in [-0.3, -0.25) is 4.79 Å². The Morgan fingerprint density at radius 2 is 1.88 bits per heavy atom. The Labute approximate surface area is 116 Å². The van der Waals surface area contributed by atoms with Crippen molar-refractivity contribution in [2.75, 3.05) is 34.3 Å². The second kappa shape index (κ2) is 6.35. The van der Waals surface area contributed by atoms with Gasteiger partial charge in [0, 0.05) is 0 Å². The van der Waals surface area contributed by atoms with Gasteiger partial charge in [-0.15, -0.1) is 0 Å². The molecule has 0 heterocycles. The SMILES string of the molecule is C[N+](C)(C)CCOC(=O)C(I)c1ccccc1. The lowest BCUT2D eigenvalue weighted by Crippen LogP contribution is -2.38. The number of quaternary nitrogens is 1. The maximum absolute atomic E-state index is 11.8. The van der Waals surface area contributed by atoms with E-state index < -0.39 is 0 Å². The largest absolute Gasteiger partial charge is 0.459 e. The molecule has 0 amide bonds. The number of alkyl halides is 1. The number of halogens is 1. The van der Waals surface area contributed by atoms with E-state index in [0.29, 0.717) is 6.61 Å². The third kappa shape index (κ3) is 5.50. The first-order chi connectivity index (χ1) is 7.90. The Morgan fingerprint density at radius 3 is 2.41 bits per heavy atom. The van der Waals surface area contributed by atoms with Gasteiger partial charge in [0.25, 0.3) is 0 Å². The Morgan fingerprint density at radius 1 is 1.29 bits per heavy atom. The summed E-state index contributed by atoms with van der Waals surface area (Å²) < 4.78 is 5.85. The van der Waals surface area contributed by atoms with Crippen LogP contribution in [-0.4, -0.2) is 44.7 Å². The highest BCUT2D eigenvalue weighted by molar-refractivity contribution is 14.1. The molecule has 0 spiro atoms. The van der Waals surface area contributed by atoms with Gasteiger partial charge in [0.1, 0.15) is 17.1 Å². The van der Waals surface area contributed by atoms with E-state index in [1.807, 2.05) is 30.3 Å². The molecule has 1 aromatic rings. The van der Waals surface area contributed by atoms with Crippen molar-refractivity contribution in [1.29, 1.82) is 0 Å². The molecule has 1 rings (SSSR count). The number of carbonyl (C=O) groups excluding carboxylic acids is 1. The summed E-state index contributed by atoms with van der Waals surface area (Å²) in [5.74, 6) is -0.162. The second-order valence-corrected chi connectivity index (χ2v) is 6.20. The van der Waals surface area contributed by atoms with Crippen molar-refractivity contribution in [2.24, 2.45) is 0 Å². The van der Waals surface area contributed by atoms with Crippen LogP contribution in [0, 0.1) is 0 Å². The highest BCUT2D eigenvalue weighted by Gasteiger charge is 2.19. The van der Waals surface area contributed by atoms with E-state index in [1.165, 1.54) is 0 Å². The molecule has 0 saturated heterocycles. The summed E-state index contributed by atoms with van der Waals surface area (Å²) >= 11 is 2.11. The monoisotopic (exact) mass is 348 g/mol. The minimum Gasteiger partial charge on any atom is -0.459 e. The first-order valence-corrected chi connectivity index (χ1v) is 6.81. The third-order valence-corrected chi connectivity index (χ3v) is 3.53. The Balaban J connectivity index is 2.43. The van der Waals surface area contributed by atoms with Crippen molar-refractivity contribution in [2.45, 2.75) is 3.92 Å². The number of ether oxygens (including phenoxy) is 1. The van der Waals surface area contributed by atoms with Gasteiger partial charge in [-0.25, -0.2) is 0 Å². The lowest BCUT2D eigenvalue weighted by molar-refractivity contribution is -0.870. The van der Waals surface area contributed by atoms with Crippen molar-refractivity contribution in [1.82, 2.24) is 0 Å². The maximum Gasteiger partial charge on any atom is 0.323 e. The molecule has 1 aromatic carbocycles. The average Bonchev–Trinajstić information content (AvgIpc) is 2.27. The van der Waals surface area contributed by atoms with Gasteiger partial charge in [-0.1, -0.05) is 52.9 Å². The first-order valence-electron chi connectivity index (χ1n) is 5.56. The van der Waals surface area contributed by atoms with Crippen LogP contribution in [0.1, 0.15) is 9.49 Å². The number of hydrogen-bond donors (Lipinski definition) is 0. The number of esters is 1. The van der Waals surface area contributed by atoms with Crippen LogP contribution in [-0.2, 0) is 9.53 Å². The molecule has 0 N–H and O–H groups in total. The fourth-order valence-electron chi connectivity index (χ4n) is 1.25. The molecular formula is C13H19INO2+. The summed E-state index contributed by atoms with van der Waals surface area (Å²) in [6.07, 6.45) is 0. The Bertz CT molecular complexity index is 359. The molecule has 0 aromatic heterocycles. The maximum atomic E-state index is 11.8. The number of likely N-dealkylation sites (N-methyl/N-ethyl adjacent to an activating group) is 1. The van der Waals surface area contributed by atoms with Crippen LogP contribution >= 0.6 is 22.6 Å². The van der Waals surface area contributed by atoms with E-state index in [9.17, 15) is 4.79 Å². The molecule has 0 aliphatic carbocycles. The first kappa shape index (κ1) is 14.4. The molecule has 1 unspecified atom stereocenters. The highest BCUT2D eigenvalue weighted by atomic mass is 127. The van der Waals surface area contributed by atoms with Gasteiger partial charge in [-0.2, -0.15) is 0 Å². The fourth-order valence-corrected chi connectivity index (χ4v) is 1.85. The number of benzene rings is 1. The lowest BCUT2D eigenvalue weighted by atomic mass is 10.2. The van der Waals surface area contributed by atoms with Crippen molar-refractivity contribution in [3.05, 3.63) is 35.9 Å². The van der Waals surface area contributed by atoms with E-state index in [2.05, 4.69) is 43.7 Å². The molecule has 94 valence electrons. The van der Waals surface area contributed by atoms with Crippen LogP contribution in [0.3, 0.4) is 0 Å². The van der Waals surface area contributed by atoms with Gasteiger partial charge in [0.05, 0.1) is 21.1 Å². The van der Waals surface area contributed by atoms with E-state index in [-0.39, 0.29) is 9.89 Å². The van der Waals surface area contributed by atoms with Gasteiger partial charge in [0.2, 0.25) is 0 Å². The van der Waals surface area contributed by atoms with Crippen molar-refractivity contribution >= 4 is 28.6 Å². The van der Waals surface area contributed by atoms with Gasteiger partial charge >= 0.3 is 5.97 Å². The molecular weight excluding hydrogens is 329 g/mol. The van der Waals surface area contributed by atoms with Crippen LogP contribution in [0.4, 0.5) is 0 Å². The van der Waals surface area contributed by atoms with Crippen LogP contribution in [0.5, 0.6) is 0 Å². The summed E-state index contributed by atoms with van der Waals surface area (Å²) in [5, 5.41) is 0. The van der Waals surface area contributed by atoms with Gasteiger partial charge < -0.3 is 9.22 Å². The average molecular weight is 348 g/mol. The van der Waals surface area contributed by atoms with Crippen LogP contribution in [0.2, 0.25) is 0 Å². The third-order valence-electron chi connectivity index (χ3n) is 2.31. The number of rotatable bonds is 5. The molecule has 0 aliphatic heterocycles. The minimum atomic E-state index is -0.221. The minimum absolute atomic E-state index is 0.162. The van der Waals surface area contributed by atoms with Crippen molar-refractivity contribution in [3.8, 4) is 0 Å². The smallest absolute Gasteiger partial charge is 0.323 e. The van der Waals surface area contributed by atoms with Crippen molar-refractivity contribution in [3.63, 3.8) is 0 Å². The molecule has 3 nitrogen and oxygen atoms in total. The zero-order valence-corrected chi connectivity index (χ0v) is 12.7. The molecule has 4 heteroatoms. The summed E-state index contributed by atoms with van der Waals surface area (Å²) in [6, 6.07) is 9.69. The molecule has 1 atom stereocenters. The van der Waals surface area contributed by atoms with E-state index in [4.69, 9.17) is 4.74 Å². The van der Waals surface area contributed by atoms with Gasteiger partial charge in [-0.05, 0) is 5.56 Å². The number of carbonyl (C=O) groups is 1. The molecule has 0 bridgehead atoms. The normalized spacial score (nSPS) is 13.2. The van der Waals surface area contributed by atoms with E-state index in [0.717, 1.165) is 16.6 Å². The summed E-state index contributed by atoms with van der Waals surface area (Å²) in [5.41, 5.74) is 0.989. The highest BCUT2D eigenvalue weighted by Crippen LogP contribution is 2.24. The van der Waals surface area contributed by atoms with Crippen LogP contribution in [0.15, 0.2) is 30.3 Å². The standard InChI is InChI=1S/C13H19INO2/c1-15(2,3)9-10-17-13(16)12(14)11-7-5-4-6-8-11/h4-8,12H,9-10H2,1-3H3/q+1. The predicted molar refractivity (Wildman–Crippen MR) is 77.1 cm³/mol. The van der Waals surface area contributed by atoms with Crippen molar-refractivity contribution < 1.29 is 14.0 Å². The lowest BCUT2D eigenvalue weighted by Gasteiger charge is -2.23. The summed E-state index contributed by atoms with van der Waals surface area (Å²) in [4.78, 5) is 11.8. The quantitative estimate of drug-likeness (QED) is 0.354. The van der Waals surface area contributed by atoms with E-state index >= 15 is 0 Å². The van der Waals surface area contributed by atoms with Gasteiger partial charge in [0.15, 0.2) is 0 Å². The second-order valence-electron chi connectivity index (χ2n) is 4.95. The molecule has 0 radical (unpaired) electrons. The van der Waals surface area contributed by atoms with E-state index in [1.54, 1.807) is 0 Å². The molecule has 0 aliphatic rings. The summed E-state index contributed by atoms with van der Waals surface area (Å²) in [7, 11) is 6.23. The van der Waals surface area contributed by atoms with Crippen LogP contribution in [0.25, 0.3) is 0 Å². The number of nitrogens with zero attached hydrogens (tertiary/aromatic N) is 1. The topological polar surface area (TPSA) is 26.3 Å². The zero-order valence-electron chi connectivity index (χ0n) is 10.5. The van der Waals surface area contributed by atoms with Crippen LogP contribution < -0.4 is 0 Å². The fraction of sp³-hybridized carbons (Fsp3) is 0.462.